The molecule has 0 radical (unpaired) electrons. The molecule has 18 heavy (non-hydrogen) atoms. The van der Waals surface area contributed by atoms with E-state index in [-0.39, 0.29) is 0 Å². The number of nitrogens with zero attached hydrogens (tertiary/aromatic N) is 2. The van der Waals surface area contributed by atoms with E-state index in [1.807, 2.05) is 0 Å². The molecule has 0 saturated carbocycles. The van der Waals surface area contributed by atoms with Gasteiger partial charge >= 0.3 is 0 Å². The molecular formula is C14H27N3O. The molecular weight excluding hydrogens is 226 g/mol. The smallest absolute Gasteiger partial charge is 0.236 e. The fourth-order valence-corrected chi connectivity index (χ4v) is 3.28. The Hall–Kier alpha value is -0.610. The second-order valence-corrected chi connectivity index (χ2v) is 5.77. The van der Waals surface area contributed by atoms with Gasteiger partial charge in [0.15, 0.2) is 0 Å². The molecule has 0 aromatic carbocycles. The second-order valence-electron chi connectivity index (χ2n) is 5.77. The quantitative estimate of drug-likeness (QED) is 0.815. The minimum Gasteiger partial charge on any atom is -0.339 e. The largest absolute Gasteiger partial charge is 0.339 e. The van der Waals surface area contributed by atoms with Crippen LogP contribution in [0, 0.1) is 5.92 Å². The summed E-state index contributed by atoms with van der Waals surface area (Å²) in [6, 6.07) is 0.485. The molecule has 4 nitrogen and oxygen atoms in total. The summed E-state index contributed by atoms with van der Waals surface area (Å²) < 4.78 is 0. The summed E-state index contributed by atoms with van der Waals surface area (Å²) in [5, 5.41) is 0. The van der Waals surface area contributed by atoms with Gasteiger partial charge in [-0.15, -0.1) is 0 Å². The van der Waals surface area contributed by atoms with Crippen LogP contribution in [0.2, 0.25) is 0 Å². The molecule has 104 valence electrons. The van der Waals surface area contributed by atoms with Crippen molar-refractivity contribution in [2.45, 2.75) is 45.1 Å². The normalized spacial score (nSPS) is 29.8. The fourth-order valence-electron chi connectivity index (χ4n) is 3.28. The van der Waals surface area contributed by atoms with Crippen molar-refractivity contribution in [3.05, 3.63) is 0 Å². The van der Waals surface area contributed by atoms with E-state index in [4.69, 9.17) is 5.73 Å². The first-order valence-corrected chi connectivity index (χ1v) is 7.46. The minimum atomic E-state index is 0.333. The van der Waals surface area contributed by atoms with E-state index in [0.717, 1.165) is 39.0 Å². The Morgan fingerprint density at radius 2 is 2.11 bits per heavy atom. The summed E-state index contributed by atoms with van der Waals surface area (Å²) in [6.45, 7) is 6.56. The summed E-state index contributed by atoms with van der Waals surface area (Å²) in [5.74, 6) is 0.931. The summed E-state index contributed by atoms with van der Waals surface area (Å²) in [5.41, 5.74) is 5.69. The summed E-state index contributed by atoms with van der Waals surface area (Å²) in [7, 11) is 0. The van der Waals surface area contributed by atoms with Gasteiger partial charge in [0.1, 0.15) is 0 Å². The zero-order chi connectivity index (χ0) is 13.0. The Morgan fingerprint density at radius 3 is 2.78 bits per heavy atom. The number of piperidine rings is 1. The third kappa shape index (κ3) is 3.23. The Bertz CT molecular complexity index is 282. The zero-order valence-electron chi connectivity index (χ0n) is 11.6. The zero-order valence-corrected chi connectivity index (χ0v) is 11.6. The van der Waals surface area contributed by atoms with E-state index in [2.05, 4.69) is 16.7 Å². The van der Waals surface area contributed by atoms with Gasteiger partial charge < -0.3 is 10.6 Å². The predicted molar refractivity (Wildman–Crippen MR) is 73.2 cm³/mol. The summed E-state index contributed by atoms with van der Waals surface area (Å²) in [6.07, 6.45) is 5.89. The average Bonchev–Trinajstić information content (AvgIpc) is 2.86. The fraction of sp³-hybridized carbons (Fsp3) is 0.929. The highest BCUT2D eigenvalue weighted by atomic mass is 16.2. The van der Waals surface area contributed by atoms with Crippen molar-refractivity contribution in [1.29, 1.82) is 0 Å². The standard InChI is InChI=1S/C14H27N3O/c1-2-13-5-3-4-7-17(13)14(18)11-16-8-6-12(9-15)10-16/h12-13H,2-11,15H2,1H3. The molecule has 2 heterocycles. The van der Waals surface area contributed by atoms with Gasteiger partial charge in [-0.1, -0.05) is 6.92 Å². The van der Waals surface area contributed by atoms with Gasteiger partial charge in [0.05, 0.1) is 6.54 Å². The van der Waals surface area contributed by atoms with E-state index in [9.17, 15) is 4.79 Å². The molecule has 4 heteroatoms. The second kappa shape index (κ2) is 6.53. The molecule has 0 aliphatic carbocycles. The molecule has 2 N–H and O–H groups in total. The molecule has 0 aromatic rings. The molecule has 2 aliphatic heterocycles. The van der Waals surface area contributed by atoms with E-state index in [1.54, 1.807) is 0 Å². The maximum atomic E-state index is 12.4. The van der Waals surface area contributed by atoms with Gasteiger partial charge in [-0.2, -0.15) is 0 Å². The first-order valence-electron chi connectivity index (χ1n) is 7.46. The van der Waals surface area contributed by atoms with Crippen LogP contribution < -0.4 is 5.73 Å². The first kappa shape index (κ1) is 13.8. The third-order valence-electron chi connectivity index (χ3n) is 4.48. The van der Waals surface area contributed by atoms with Crippen molar-refractivity contribution in [2.24, 2.45) is 11.7 Å². The monoisotopic (exact) mass is 253 g/mol. The SMILES string of the molecule is CCC1CCCCN1C(=O)CN1CCC(CN)C1. The maximum Gasteiger partial charge on any atom is 0.236 e. The molecule has 2 aliphatic rings. The Balaban J connectivity index is 1.83. The van der Waals surface area contributed by atoms with E-state index in [1.165, 1.54) is 19.3 Å². The number of nitrogens with two attached hydrogens (primary N) is 1. The lowest BCUT2D eigenvalue weighted by molar-refractivity contribution is -0.136. The maximum absolute atomic E-state index is 12.4. The highest BCUT2D eigenvalue weighted by molar-refractivity contribution is 5.78. The van der Waals surface area contributed by atoms with E-state index < -0.39 is 0 Å². The Morgan fingerprint density at radius 1 is 1.28 bits per heavy atom. The van der Waals surface area contributed by atoms with Crippen LogP contribution >= 0.6 is 0 Å². The molecule has 0 spiro atoms. The van der Waals surface area contributed by atoms with Crippen molar-refractivity contribution >= 4 is 5.91 Å². The number of hydrogen-bond donors (Lipinski definition) is 1. The lowest BCUT2D eigenvalue weighted by Crippen LogP contribution is -2.47. The Labute approximate surface area is 110 Å². The highest BCUT2D eigenvalue weighted by Gasteiger charge is 2.28. The van der Waals surface area contributed by atoms with Crippen LogP contribution in [0.25, 0.3) is 0 Å². The molecule has 2 saturated heterocycles. The van der Waals surface area contributed by atoms with Crippen LogP contribution in [0.15, 0.2) is 0 Å². The van der Waals surface area contributed by atoms with Crippen LogP contribution in [0.5, 0.6) is 0 Å². The number of likely N-dealkylation sites (tertiary alicyclic amines) is 2. The van der Waals surface area contributed by atoms with Gasteiger partial charge in [-0.3, -0.25) is 9.69 Å². The van der Waals surface area contributed by atoms with Crippen LogP contribution in [-0.4, -0.2) is 54.5 Å². The number of amides is 1. The van der Waals surface area contributed by atoms with Gasteiger partial charge in [0.2, 0.25) is 5.91 Å². The van der Waals surface area contributed by atoms with Crippen molar-refractivity contribution in [3.63, 3.8) is 0 Å². The lowest BCUT2D eigenvalue weighted by atomic mass is 10.00. The molecule has 2 atom stereocenters. The molecule has 0 aromatic heterocycles. The van der Waals surface area contributed by atoms with Crippen LogP contribution in [0.1, 0.15) is 39.0 Å². The molecule has 0 bridgehead atoms. The highest BCUT2D eigenvalue weighted by Crippen LogP contribution is 2.21. The van der Waals surface area contributed by atoms with Gasteiger partial charge in [0.25, 0.3) is 0 Å². The van der Waals surface area contributed by atoms with Crippen molar-refractivity contribution in [1.82, 2.24) is 9.80 Å². The number of rotatable bonds is 4. The molecule has 1 amide bonds. The molecule has 2 fully saturated rings. The summed E-state index contributed by atoms with van der Waals surface area (Å²) >= 11 is 0. The van der Waals surface area contributed by atoms with Gasteiger partial charge in [-0.25, -0.2) is 0 Å². The van der Waals surface area contributed by atoms with Crippen LogP contribution in [0.3, 0.4) is 0 Å². The summed E-state index contributed by atoms with van der Waals surface area (Å²) in [4.78, 5) is 16.8. The van der Waals surface area contributed by atoms with Crippen molar-refractivity contribution in [2.75, 3.05) is 32.7 Å². The van der Waals surface area contributed by atoms with Crippen molar-refractivity contribution in [3.8, 4) is 0 Å². The molecule has 2 unspecified atom stereocenters. The molecule has 2 rings (SSSR count). The number of carbonyl (C=O) groups is 1. The van der Waals surface area contributed by atoms with Crippen molar-refractivity contribution < 1.29 is 4.79 Å². The minimum absolute atomic E-state index is 0.333. The number of hydrogen-bond acceptors (Lipinski definition) is 3. The predicted octanol–water partition coefficient (Wildman–Crippen LogP) is 1.06. The van der Waals surface area contributed by atoms with E-state index in [0.29, 0.717) is 24.4 Å². The average molecular weight is 253 g/mol. The Kier molecular flexibility index (Phi) is 5.01. The van der Waals surface area contributed by atoms with Crippen LogP contribution in [-0.2, 0) is 4.79 Å². The number of carbonyl (C=O) groups excluding carboxylic acids is 1. The third-order valence-corrected chi connectivity index (χ3v) is 4.48. The van der Waals surface area contributed by atoms with Crippen LogP contribution in [0.4, 0.5) is 0 Å². The topological polar surface area (TPSA) is 49.6 Å². The first-order chi connectivity index (χ1) is 8.74. The lowest BCUT2D eigenvalue weighted by Gasteiger charge is -2.36. The van der Waals surface area contributed by atoms with E-state index >= 15 is 0 Å². The van der Waals surface area contributed by atoms with Gasteiger partial charge in [0, 0.05) is 19.1 Å². The van der Waals surface area contributed by atoms with Gasteiger partial charge in [-0.05, 0) is 51.1 Å².